The summed E-state index contributed by atoms with van der Waals surface area (Å²) in [6.07, 6.45) is 0. The Morgan fingerprint density at radius 1 is 1.00 bits per heavy atom. The van der Waals surface area contributed by atoms with E-state index in [0.717, 1.165) is 21.4 Å². The molecule has 0 amide bonds. The van der Waals surface area contributed by atoms with Gasteiger partial charge in [0, 0.05) is 51.0 Å². The Morgan fingerprint density at radius 2 is 1.68 bits per heavy atom. The van der Waals surface area contributed by atoms with Gasteiger partial charge in [-0.15, -0.1) is 0 Å². The largest absolute Gasteiger partial charge is 0.345 e. The zero-order chi connectivity index (χ0) is 27.1. The number of aryl methyl sites for hydroxylation is 3. The van der Waals surface area contributed by atoms with E-state index in [1.54, 1.807) is 7.05 Å². The van der Waals surface area contributed by atoms with Crippen molar-refractivity contribution in [2.75, 3.05) is 36.4 Å². The van der Waals surface area contributed by atoms with Crippen LogP contribution in [0.2, 0.25) is 5.02 Å². The maximum absolute atomic E-state index is 13.2. The molecule has 38 heavy (non-hydrogen) atoms. The van der Waals surface area contributed by atoms with E-state index in [1.807, 2.05) is 28.8 Å². The van der Waals surface area contributed by atoms with Crippen LogP contribution in [0.1, 0.15) is 16.7 Å². The number of piperazine rings is 1. The average molecular weight is 552 g/mol. The number of aromatic nitrogens is 4. The van der Waals surface area contributed by atoms with Crippen LogP contribution < -0.4 is 21.5 Å². The van der Waals surface area contributed by atoms with Gasteiger partial charge in [0.1, 0.15) is 0 Å². The van der Waals surface area contributed by atoms with Gasteiger partial charge in [-0.25, -0.2) is 4.79 Å². The first kappa shape index (κ1) is 26.0. The van der Waals surface area contributed by atoms with Gasteiger partial charge in [0.25, 0.3) is 5.56 Å². The lowest BCUT2D eigenvalue weighted by Crippen LogP contribution is -2.50. The van der Waals surface area contributed by atoms with Crippen molar-refractivity contribution in [3.63, 3.8) is 0 Å². The predicted molar refractivity (Wildman–Crippen MR) is 157 cm³/mol. The van der Waals surface area contributed by atoms with Gasteiger partial charge in [-0.3, -0.25) is 18.5 Å². The van der Waals surface area contributed by atoms with Crippen molar-refractivity contribution in [2.45, 2.75) is 20.4 Å². The zero-order valence-electron chi connectivity index (χ0n) is 21.9. The summed E-state index contributed by atoms with van der Waals surface area (Å²) in [5.74, 6) is 0.654. The van der Waals surface area contributed by atoms with Crippen molar-refractivity contribution < 1.29 is 0 Å². The summed E-state index contributed by atoms with van der Waals surface area (Å²) in [5.41, 5.74) is 4.30. The summed E-state index contributed by atoms with van der Waals surface area (Å²) in [6.45, 7) is 7.25. The summed E-state index contributed by atoms with van der Waals surface area (Å²) < 4.78 is 4.46. The van der Waals surface area contributed by atoms with Crippen LogP contribution in [0.25, 0.3) is 11.2 Å². The molecule has 4 aromatic rings. The minimum absolute atomic E-state index is 0.367. The standard InChI is InChI=1S/C27H30ClN7O2S/c1-17-5-6-18(2)21(15-17)29-26(38)34-13-11-33(12-14-34)25-30-23-22(24(36)32(4)27(37)31(23)3)35(25)16-19-7-9-20(28)10-8-19/h5-10,15H,11-14,16H2,1-4H3,(H,29,38). The molecule has 5 rings (SSSR count). The molecular weight excluding hydrogens is 522 g/mol. The summed E-state index contributed by atoms with van der Waals surface area (Å²) >= 11 is 11.8. The number of anilines is 2. The second-order valence-corrected chi connectivity index (χ2v) is 10.5. The normalized spacial score (nSPS) is 13.8. The minimum Gasteiger partial charge on any atom is -0.345 e. The molecule has 0 radical (unpaired) electrons. The molecule has 1 N–H and O–H groups in total. The molecule has 1 aliphatic rings. The van der Waals surface area contributed by atoms with Crippen LogP contribution in [0.5, 0.6) is 0 Å². The molecule has 0 saturated carbocycles. The number of thiocarbonyl (C=S) groups is 1. The van der Waals surface area contributed by atoms with E-state index in [9.17, 15) is 9.59 Å². The minimum atomic E-state index is -0.405. The molecule has 0 aliphatic carbocycles. The Hall–Kier alpha value is -3.63. The van der Waals surface area contributed by atoms with Crippen LogP contribution in [0.15, 0.2) is 52.1 Å². The summed E-state index contributed by atoms with van der Waals surface area (Å²) in [7, 11) is 3.13. The molecule has 2 aromatic heterocycles. The summed E-state index contributed by atoms with van der Waals surface area (Å²) in [5, 5.41) is 4.73. The monoisotopic (exact) mass is 551 g/mol. The molecule has 9 nitrogen and oxygen atoms in total. The second-order valence-electron chi connectivity index (χ2n) is 9.73. The van der Waals surface area contributed by atoms with Gasteiger partial charge < -0.3 is 15.1 Å². The molecule has 0 unspecified atom stereocenters. The Bertz CT molecular complexity index is 1650. The van der Waals surface area contributed by atoms with Crippen LogP contribution in [0.3, 0.4) is 0 Å². The highest BCUT2D eigenvalue weighted by atomic mass is 35.5. The SMILES string of the molecule is Cc1ccc(C)c(NC(=S)N2CCN(c3nc4c(c(=O)n(C)c(=O)n4C)n3Cc3ccc(Cl)cc3)CC2)c1. The fraction of sp³-hybridized carbons (Fsp3) is 0.333. The van der Waals surface area contributed by atoms with E-state index in [-0.39, 0.29) is 5.56 Å². The lowest BCUT2D eigenvalue weighted by atomic mass is 10.1. The van der Waals surface area contributed by atoms with Crippen LogP contribution in [-0.4, -0.2) is 54.9 Å². The molecular formula is C27H30ClN7O2S. The van der Waals surface area contributed by atoms with Crippen LogP contribution in [0, 0.1) is 13.8 Å². The van der Waals surface area contributed by atoms with Crippen LogP contribution in [-0.2, 0) is 20.6 Å². The van der Waals surface area contributed by atoms with Crippen molar-refractivity contribution in [2.24, 2.45) is 14.1 Å². The third-order valence-corrected chi connectivity index (χ3v) is 7.68. The predicted octanol–water partition coefficient (Wildman–Crippen LogP) is 3.27. The molecule has 0 bridgehead atoms. The number of hydrogen-bond acceptors (Lipinski definition) is 5. The maximum atomic E-state index is 13.2. The smallest absolute Gasteiger partial charge is 0.332 e. The first-order valence-corrected chi connectivity index (χ1v) is 13.2. The van der Waals surface area contributed by atoms with E-state index in [2.05, 4.69) is 47.2 Å². The van der Waals surface area contributed by atoms with E-state index in [4.69, 9.17) is 28.8 Å². The number of rotatable bonds is 4. The van der Waals surface area contributed by atoms with E-state index in [0.29, 0.717) is 60.0 Å². The molecule has 3 heterocycles. The van der Waals surface area contributed by atoms with Crippen molar-refractivity contribution in [1.82, 2.24) is 23.6 Å². The third kappa shape index (κ3) is 4.81. The first-order valence-electron chi connectivity index (χ1n) is 12.4. The van der Waals surface area contributed by atoms with E-state index >= 15 is 0 Å². The molecule has 11 heteroatoms. The molecule has 0 atom stereocenters. The molecule has 2 aromatic carbocycles. The van der Waals surface area contributed by atoms with Crippen molar-refractivity contribution in [3.05, 3.63) is 85.0 Å². The molecule has 1 saturated heterocycles. The molecule has 198 valence electrons. The van der Waals surface area contributed by atoms with Gasteiger partial charge in [-0.2, -0.15) is 4.98 Å². The number of benzene rings is 2. The Morgan fingerprint density at radius 3 is 2.37 bits per heavy atom. The first-order chi connectivity index (χ1) is 18.1. The highest BCUT2D eigenvalue weighted by Crippen LogP contribution is 2.24. The molecule has 1 aliphatic heterocycles. The van der Waals surface area contributed by atoms with Crippen molar-refractivity contribution in [3.8, 4) is 0 Å². The Kier molecular flexibility index (Phi) is 7.02. The number of nitrogens with zero attached hydrogens (tertiary/aromatic N) is 6. The number of imidazole rings is 1. The summed E-state index contributed by atoms with van der Waals surface area (Å²) in [4.78, 5) is 35.0. The van der Waals surface area contributed by atoms with Gasteiger partial charge in [0.2, 0.25) is 5.95 Å². The molecule has 1 fully saturated rings. The van der Waals surface area contributed by atoms with E-state index < -0.39 is 5.69 Å². The fourth-order valence-electron chi connectivity index (χ4n) is 4.77. The third-order valence-electron chi connectivity index (χ3n) is 7.07. The lowest BCUT2D eigenvalue weighted by Gasteiger charge is -2.37. The van der Waals surface area contributed by atoms with Gasteiger partial charge in [0.15, 0.2) is 16.3 Å². The van der Waals surface area contributed by atoms with Crippen molar-refractivity contribution >= 4 is 51.7 Å². The maximum Gasteiger partial charge on any atom is 0.332 e. The highest BCUT2D eigenvalue weighted by molar-refractivity contribution is 7.80. The quantitative estimate of drug-likeness (QED) is 0.390. The van der Waals surface area contributed by atoms with E-state index in [1.165, 1.54) is 17.2 Å². The second kappa shape index (κ2) is 10.3. The highest BCUT2D eigenvalue weighted by Gasteiger charge is 2.26. The zero-order valence-corrected chi connectivity index (χ0v) is 23.4. The number of nitrogens with one attached hydrogen (secondary N) is 1. The molecule has 0 spiro atoms. The lowest BCUT2D eigenvalue weighted by molar-refractivity contribution is 0.386. The summed E-state index contributed by atoms with van der Waals surface area (Å²) in [6, 6.07) is 13.8. The van der Waals surface area contributed by atoms with Crippen LogP contribution >= 0.6 is 23.8 Å². The van der Waals surface area contributed by atoms with Gasteiger partial charge in [0.05, 0.1) is 6.54 Å². The van der Waals surface area contributed by atoms with Gasteiger partial charge in [-0.1, -0.05) is 35.9 Å². The Balaban J connectivity index is 1.44. The number of fused-ring (bicyclic) bond motifs is 1. The van der Waals surface area contributed by atoms with Gasteiger partial charge in [-0.05, 0) is 61.0 Å². The van der Waals surface area contributed by atoms with Gasteiger partial charge >= 0.3 is 5.69 Å². The van der Waals surface area contributed by atoms with Crippen LogP contribution in [0.4, 0.5) is 11.6 Å². The fourth-order valence-corrected chi connectivity index (χ4v) is 5.19. The number of halogens is 1. The Labute approximate surface area is 230 Å². The number of hydrogen-bond donors (Lipinski definition) is 1. The average Bonchev–Trinajstić information content (AvgIpc) is 3.29. The van der Waals surface area contributed by atoms with Crippen molar-refractivity contribution in [1.29, 1.82) is 0 Å². The topological polar surface area (TPSA) is 80.3 Å².